The summed E-state index contributed by atoms with van der Waals surface area (Å²) in [5, 5.41) is 10.9. The topological polar surface area (TPSA) is 91.9 Å². The van der Waals surface area contributed by atoms with E-state index in [0.29, 0.717) is 35.3 Å². The van der Waals surface area contributed by atoms with Crippen molar-refractivity contribution in [1.82, 2.24) is 9.88 Å². The van der Waals surface area contributed by atoms with Crippen LogP contribution in [-0.2, 0) is 9.47 Å². The van der Waals surface area contributed by atoms with Gasteiger partial charge >= 0.3 is 6.09 Å². The second-order valence-corrected chi connectivity index (χ2v) is 9.78. The minimum atomic E-state index is -1.12. The first-order valence-corrected chi connectivity index (χ1v) is 11.6. The predicted molar refractivity (Wildman–Crippen MR) is 131 cm³/mol. The van der Waals surface area contributed by atoms with E-state index in [2.05, 4.69) is 17.1 Å². The Morgan fingerprint density at radius 1 is 1.21 bits per heavy atom. The summed E-state index contributed by atoms with van der Waals surface area (Å²) in [6.07, 6.45) is 1.36. The molecular formula is C27H32N2O5. The number of piperidine rings is 1. The average Bonchev–Trinajstić information content (AvgIpc) is 3.21. The lowest BCUT2D eigenvalue weighted by Gasteiger charge is -2.34. The number of nitrogens with zero attached hydrogens (tertiary/aromatic N) is 1. The number of likely N-dealkylation sites (tertiary alicyclic amines) is 1. The summed E-state index contributed by atoms with van der Waals surface area (Å²) >= 11 is 0. The molecule has 0 saturated carbocycles. The molecule has 2 atom stereocenters. The molecule has 1 saturated heterocycles. The first kappa shape index (κ1) is 24.0. The highest BCUT2D eigenvalue weighted by Gasteiger charge is 2.28. The maximum atomic E-state index is 12.5. The Balaban J connectivity index is 1.60. The molecule has 0 radical (unpaired) electrons. The molecule has 34 heavy (non-hydrogen) atoms. The van der Waals surface area contributed by atoms with Crippen LogP contribution < -0.4 is 0 Å². The van der Waals surface area contributed by atoms with Gasteiger partial charge in [0.1, 0.15) is 5.60 Å². The van der Waals surface area contributed by atoms with E-state index in [1.165, 1.54) is 7.11 Å². The highest BCUT2D eigenvalue weighted by atomic mass is 16.6. The molecule has 0 aliphatic carbocycles. The number of methoxy groups -OCH3 is 1. The van der Waals surface area contributed by atoms with Gasteiger partial charge in [0, 0.05) is 48.1 Å². The van der Waals surface area contributed by atoms with Gasteiger partial charge in [0.2, 0.25) is 0 Å². The van der Waals surface area contributed by atoms with Crippen molar-refractivity contribution in [2.24, 2.45) is 0 Å². The molecule has 2 N–H and O–H groups in total. The van der Waals surface area contributed by atoms with E-state index in [9.17, 15) is 14.7 Å². The Labute approximate surface area is 199 Å². The van der Waals surface area contributed by atoms with Crippen molar-refractivity contribution >= 4 is 23.3 Å². The van der Waals surface area contributed by atoms with Gasteiger partial charge in [-0.2, -0.15) is 0 Å². The van der Waals surface area contributed by atoms with E-state index < -0.39 is 11.9 Å². The van der Waals surface area contributed by atoms with E-state index in [4.69, 9.17) is 9.47 Å². The molecule has 1 amide bonds. The summed E-state index contributed by atoms with van der Waals surface area (Å²) in [5.41, 5.74) is 4.01. The third-order valence-corrected chi connectivity index (χ3v) is 6.25. The van der Waals surface area contributed by atoms with Crippen molar-refractivity contribution in [3.05, 3.63) is 59.2 Å². The first-order valence-electron chi connectivity index (χ1n) is 11.6. The Kier molecular flexibility index (Phi) is 6.77. The molecule has 1 aromatic heterocycles. The van der Waals surface area contributed by atoms with Crippen LogP contribution in [0, 0.1) is 0 Å². The van der Waals surface area contributed by atoms with Gasteiger partial charge < -0.3 is 24.5 Å². The first-order chi connectivity index (χ1) is 16.2. The quantitative estimate of drug-likeness (QED) is 0.390. The number of hydrogen-bond donors (Lipinski definition) is 2. The molecule has 2 unspecified atom stereocenters. The van der Waals surface area contributed by atoms with E-state index in [1.54, 1.807) is 11.0 Å². The van der Waals surface area contributed by atoms with Gasteiger partial charge in [0.15, 0.2) is 12.6 Å². The number of benzene rings is 2. The van der Waals surface area contributed by atoms with Crippen molar-refractivity contribution < 1.29 is 24.2 Å². The number of aliphatic hydroxyl groups excluding tert-OH is 1. The van der Waals surface area contributed by atoms with Crippen LogP contribution in [0.15, 0.2) is 42.5 Å². The third-order valence-electron chi connectivity index (χ3n) is 6.25. The highest BCUT2D eigenvalue weighted by molar-refractivity contribution is 6.06. The summed E-state index contributed by atoms with van der Waals surface area (Å²) in [6, 6.07) is 13.5. The minimum Gasteiger partial charge on any atom is -0.444 e. The third kappa shape index (κ3) is 4.86. The molecule has 0 bridgehead atoms. The van der Waals surface area contributed by atoms with Crippen molar-refractivity contribution in [3.63, 3.8) is 0 Å². The molecule has 2 heterocycles. The van der Waals surface area contributed by atoms with Gasteiger partial charge in [-0.15, -0.1) is 0 Å². The van der Waals surface area contributed by atoms with Crippen LogP contribution in [-0.4, -0.2) is 53.2 Å². The number of H-pyrrole nitrogens is 1. The number of carbonyl (C=O) groups is 2. The highest BCUT2D eigenvalue weighted by Crippen LogP contribution is 2.35. The largest absolute Gasteiger partial charge is 0.444 e. The van der Waals surface area contributed by atoms with Crippen LogP contribution in [0.2, 0.25) is 0 Å². The van der Waals surface area contributed by atoms with Gasteiger partial charge in [-0.25, -0.2) is 4.79 Å². The summed E-state index contributed by atoms with van der Waals surface area (Å²) in [5.74, 6) is 0.229. The van der Waals surface area contributed by atoms with Gasteiger partial charge in [-0.05, 0) is 50.8 Å². The molecule has 7 heteroatoms. The maximum absolute atomic E-state index is 12.5. The van der Waals surface area contributed by atoms with Gasteiger partial charge in [0.25, 0.3) is 0 Å². The van der Waals surface area contributed by atoms with Crippen LogP contribution in [0.5, 0.6) is 0 Å². The zero-order valence-corrected chi connectivity index (χ0v) is 20.1. The monoisotopic (exact) mass is 464 g/mol. The fourth-order valence-corrected chi connectivity index (χ4v) is 4.64. The molecule has 2 aromatic carbocycles. The molecule has 1 aliphatic heterocycles. The predicted octanol–water partition coefficient (Wildman–Crippen LogP) is 5.40. The molecule has 180 valence electrons. The zero-order valence-electron chi connectivity index (χ0n) is 20.1. The summed E-state index contributed by atoms with van der Waals surface area (Å²) in [4.78, 5) is 29.7. The zero-order chi connectivity index (χ0) is 24.5. The van der Waals surface area contributed by atoms with Crippen molar-refractivity contribution in [2.75, 3.05) is 20.2 Å². The normalized spacial score (nSPS) is 17.6. The molecule has 1 aliphatic rings. The van der Waals surface area contributed by atoms with Crippen LogP contribution >= 0.6 is 0 Å². The van der Waals surface area contributed by atoms with E-state index in [0.717, 1.165) is 35.8 Å². The lowest BCUT2D eigenvalue weighted by atomic mass is 9.90. The molecule has 1 fully saturated rings. The van der Waals surface area contributed by atoms with E-state index in [-0.39, 0.29) is 12.0 Å². The smallest absolute Gasteiger partial charge is 0.410 e. The Hall–Kier alpha value is -3.16. The van der Waals surface area contributed by atoms with Gasteiger partial charge in [-0.1, -0.05) is 36.4 Å². The number of rotatable bonds is 5. The van der Waals surface area contributed by atoms with Crippen molar-refractivity contribution in [2.45, 2.75) is 51.4 Å². The van der Waals surface area contributed by atoms with E-state index in [1.807, 2.05) is 45.0 Å². The fourth-order valence-electron chi connectivity index (χ4n) is 4.64. The minimum absolute atomic E-state index is 0.229. The lowest BCUT2D eigenvalue weighted by molar-refractivity contribution is -0.0758. The fraction of sp³-hybridized carbons (Fsp3) is 0.407. The van der Waals surface area contributed by atoms with Gasteiger partial charge in [-0.3, -0.25) is 4.79 Å². The lowest BCUT2D eigenvalue weighted by Crippen LogP contribution is -2.42. The SMILES string of the molecule is COC(O)c1cccc2[nH]c(-c3ccc(C4CCCN(C(=O)OC(C)(C)C)C4)cc3)c(C=O)c12. The Bertz CT molecular complexity index is 1180. The second kappa shape index (κ2) is 9.60. The number of ether oxygens (including phenoxy) is 2. The summed E-state index contributed by atoms with van der Waals surface area (Å²) < 4.78 is 10.6. The molecule has 7 nitrogen and oxygen atoms in total. The molecular weight excluding hydrogens is 432 g/mol. The average molecular weight is 465 g/mol. The number of aliphatic hydroxyl groups is 1. The number of hydrogen-bond acceptors (Lipinski definition) is 5. The van der Waals surface area contributed by atoms with Crippen LogP contribution in [0.25, 0.3) is 22.2 Å². The summed E-state index contributed by atoms with van der Waals surface area (Å²) in [7, 11) is 1.42. The Morgan fingerprint density at radius 3 is 2.59 bits per heavy atom. The number of fused-ring (bicyclic) bond motifs is 1. The number of aromatic amines is 1. The number of aldehydes is 1. The van der Waals surface area contributed by atoms with Crippen molar-refractivity contribution in [1.29, 1.82) is 0 Å². The summed E-state index contributed by atoms with van der Waals surface area (Å²) in [6.45, 7) is 6.96. The molecule has 3 aromatic rings. The van der Waals surface area contributed by atoms with E-state index >= 15 is 0 Å². The van der Waals surface area contributed by atoms with Crippen molar-refractivity contribution in [3.8, 4) is 11.3 Å². The number of amides is 1. The molecule has 0 spiro atoms. The van der Waals surface area contributed by atoms with Crippen LogP contribution in [0.4, 0.5) is 4.79 Å². The number of carbonyl (C=O) groups excluding carboxylic acids is 2. The maximum Gasteiger partial charge on any atom is 0.410 e. The Morgan fingerprint density at radius 2 is 1.94 bits per heavy atom. The molecule has 4 rings (SSSR count). The standard InChI is InChI=1S/C27H32N2O5/c1-27(2,3)34-26(32)29-14-6-7-19(15-29)17-10-12-18(13-11-17)24-21(16-30)23-20(25(31)33-4)8-5-9-22(23)28-24/h5,8-13,16,19,25,28,31H,6-7,14-15H2,1-4H3. The number of nitrogens with one attached hydrogen (secondary N) is 1. The second-order valence-electron chi connectivity index (χ2n) is 9.78. The van der Waals surface area contributed by atoms with Crippen LogP contribution in [0.3, 0.4) is 0 Å². The van der Waals surface area contributed by atoms with Crippen LogP contribution in [0.1, 0.15) is 67.3 Å². The van der Waals surface area contributed by atoms with Gasteiger partial charge in [0.05, 0.1) is 5.69 Å². The number of aromatic nitrogens is 1.